The average Bonchev–Trinajstić information content (AvgIpc) is 2.61. The predicted molar refractivity (Wildman–Crippen MR) is 87.3 cm³/mol. The fourth-order valence-corrected chi connectivity index (χ4v) is 3.47. The van der Waals surface area contributed by atoms with Crippen LogP contribution in [-0.4, -0.2) is 40.8 Å². The van der Waals surface area contributed by atoms with Gasteiger partial charge in [-0.15, -0.1) is 0 Å². The topological polar surface area (TPSA) is 73.3 Å². The second-order valence-electron chi connectivity index (χ2n) is 6.43. The van der Waals surface area contributed by atoms with Crippen LogP contribution in [0.2, 0.25) is 0 Å². The number of rotatable bonds is 2. The van der Waals surface area contributed by atoms with Crippen LogP contribution in [-0.2, 0) is 20.7 Å². The van der Waals surface area contributed by atoms with Crippen LogP contribution in [0, 0.1) is 6.92 Å². The number of hydrogen-bond acceptors (Lipinski definition) is 5. The quantitative estimate of drug-likeness (QED) is 0.892. The average molecular weight is 327 g/mol. The summed E-state index contributed by atoms with van der Waals surface area (Å²) in [5, 5.41) is 3.09. The highest BCUT2D eigenvalue weighted by Crippen LogP contribution is 2.28. The maximum absolute atomic E-state index is 12.6. The van der Waals surface area contributed by atoms with E-state index in [9.17, 15) is 4.79 Å². The van der Waals surface area contributed by atoms with E-state index in [0.717, 1.165) is 36.3 Å². The molecule has 24 heavy (non-hydrogen) atoms. The Balaban J connectivity index is 1.44. The van der Waals surface area contributed by atoms with Crippen LogP contribution in [0.4, 0.5) is 0 Å². The van der Waals surface area contributed by atoms with Crippen molar-refractivity contribution < 1.29 is 14.3 Å². The summed E-state index contributed by atoms with van der Waals surface area (Å²) in [6.07, 6.45) is 11.6. The summed E-state index contributed by atoms with van der Waals surface area (Å²) in [5.74, 6) is 0.641. The van der Waals surface area contributed by atoms with Gasteiger partial charge in [0, 0.05) is 17.5 Å². The minimum absolute atomic E-state index is 0.0510. The Morgan fingerprint density at radius 1 is 1.29 bits per heavy atom. The Morgan fingerprint density at radius 3 is 3.00 bits per heavy atom. The fourth-order valence-electron chi connectivity index (χ4n) is 3.47. The van der Waals surface area contributed by atoms with Crippen molar-refractivity contribution in [2.45, 2.75) is 50.5 Å². The van der Waals surface area contributed by atoms with Crippen molar-refractivity contribution in [2.75, 3.05) is 6.61 Å². The predicted octanol–water partition coefficient (Wildman–Crippen LogP) is 1.56. The summed E-state index contributed by atoms with van der Waals surface area (Å²) in [7, 11) is 0. The number of fused-ring (bicyclic) bond motifs is 2. The lowest BCUT2D eigenvalue weighted by molar-refractivity contribution is -0.168. The van der Waals surface area contributed by atoms with E-state index in [1.165, 1.54) is 0 Å². The Labute approximate surface area is 141 Å². The van der Waals surface area contributed by atoms with Gasteiger partial charge in [-0.2, -0.15) is 0 Å². The second-order valence-corrected chi connectivity index (χ2v) is 6.43. The molecular formula is C18H21N3O3. The van der Waals surface area contributed by atoms with Gasteiger partial charge >= 0.3 is 0 Å². The first-order chi connectivity index (χ1) is 11.7. The molecule has 2 heterocycles. The van der Waals surface area contributed by atoms with E-state index < -0.39 is 6.10 Å². The number of aryl methyl sites for hydroxylation is 2. The lowest BCUT2D eigenvalue weighted by Gasteiger charge is -2.35. The highest BCUT2D eigenvalue weighted by molar-refractivity contribution is 5.81. The van der Waals surface area contributed by atoms with Gasteiger partial charge < -0.3 is 14.8 Å². The van der Waals surface area contributed by atoms with E-state index in [-0.39, 0.29) is 30.8 Å². The third-order valence-electron chi connectivity index (χ3n) is 4.71. The van der Waals surface area contributed by atoms with Gasteiger partial charge in [-0.3, -0.25) is 4.79 Å². The second kappa shape index (κ2) is 6.45. The van der Waals surface area contributed by atoms with E-state index in [1.807, 2.05) is 37.4 Å². The van der Waals surface area contributed by atoms with Crippen LogP contribution < -0.4 is 5.32 Å². The molecule has 0 spiro atoms. The van der Waals surface area contributed by atoms with Gasteiger partial charge in [-0.1, -0.05) is 24.3 Å². The van der Waals surface area contributed by atoms with Crippen molar-refractivity contribution in [3.8, 4) is 0 Å². The molecule has 1 N–H and O–H groups in total. The molecule has 4 atom stereocenters. The number of amides is 1. The molecule has 0 saturated carbocycles. The molecule has 4 rings (SSSR count). The van der Waals surface area contributed by atoms with Crippen molar-refractivity contribution in [2.24, 2.45) is 0 Å². The summed E-state index contributed by atoms with van der Waals surface area (Å²) in [6.45, 7) is 2.16. The Kier molecular flexibility index (Phi) is 4.16. The van der Waals surface area contributed by atoms with Crippen LogP contribution >= 0.6 is 0 Å². The van der Waals surface area contributed by atoms with Gasteiger partial charge in [0.25, 0.3) is 5.91 Å². The molecule has 1 saturated heterocycles. The molecule has 0 radical (unpaired) electrons. The number of nitrogens with zero attached hydrogens (tertiary/aromatic N) is 2. The lowest BCUT2D eigenvalue weighted by atomic mass is 9.92. The summed E-state index contributed by atoms with van der Waals surface area (Å²) < 4.78 is 11.6. The van der Waals surface area contributed by atoms with Crippen LogP contribution in [0.3, 0.4) is 0 Å². The third kappa shape index (κ3) is 2.99. The maximum Gasteiger partial charge on any atom is 0.252 e. The SMILES string of the molecule is Cc1ncc2c(n1)CCC[C@@H]2NC(=O)[C@@H]1CO[C@H]2C=CC=C[C@H]2O1. The highest BCUT2D eigenvalue weighted by Gasteiger charge is 2.35. The molecule has 1 aromatic heterocycles. The van der Waals surface area contributed by atoms with Crippen LogP contribution in [0.15, 0.2) is 30.5 Å². The minimum Gasteiger partial charge on any atom is -0.368 e. The Morgan fingerprint density at radius 2 is 2.12 bits per heavy atom. The smallest absolute Gasteiger partial charge is 0.252 e. The van der Waals surface area contributed by atoms with Crippen molar-refractivity contribution in [1.29, 1.82) is 0 Å². The number of nitrogens with one attached hydrogen (secondary N) is 1. The molecule has 126 valence electrons. The van der Waals surface area contributed by atoms with Crippen molar-refractivity contribution in [3.05, 3.63) is 47.6 Å². The van der Waals surface area contributed by atoms with Gasteiger partial charge in [0.05, 0.1) is 12.6 Å². The van der Waals surface area contributed by atoms with E-state index in [4.69, 9.17) is 9.47 Å². The van der Waals surface area contributed by atoms with Crippen molar-refractivity contribution in [3.63, 3.8) is 0 Å². The van der Waals surface area contributed by atoms with Crippen LogP contribution in [0.5, 0.6) is 0 Å². The first-order valence-electron chi connectivity index (χ1n) is 8.45. The fraction of sp³-hybridized carbons (Fsp3) is 0.500. The largest absolute Gasteiger partial charge is 0.368 e. The normalized spacial score (nSPS) is 31.2. The molecule has 0 bridgehead atoms. The molecule has 1 aromatic rings. The van der Waals surface area contributed by atoms with Crippen molar-refractivity contribution in [1.82, 2.24) is 15.3 Å². The number of hydrogen-bond donors (Lipinski definition) is 1. The van der Waals surface area contributed by atoms with E-state index in [1.54, 1.807) is 0 Å². The third-order valence-corrected chi connectivity index (χ3v) is 4.71. The standard InChI is InChI=1S/C18H21N3O3/c1-11-19-9-12-13(20-11)5-4-6-14(12)21-18(22)17-10-23-15-7-2-3-8-16(15)24-17/h2-3,7-9,14-17H,4-6,10H2,1H3,(H,21,22)/t14-,15-,16+,17-/m0/s1. The molecule has 1 fully saturated rings. The molecule has 2 aliphatic carbocycles. The van der Waals surface area contributed by atoms with Gasteiger partial charge in [0.2, 0.25) is 0 Å². The number of allylic oxidation sites excluding steroid dienone is 2. The van der Waals surface area contributed by atoms with Gasteiger partial charge in [-0.25, -0.2) is 9.97 Å². The molecule has 3 aliphatic rings. The first-order valence-corrected chi connectivity index (χ1v) is 8.45. The summed E-state index contributed by atoms with van der Waals surface area (Å²) in [6, 6.07) is -0.0510. The maximum atomic E-state index is 12.6. The highest BCUT2D eigenvalue weighted by atomic mass is 16.6. The van der Waals surface area contributed by atoms with Crippen LogP contribution in [0.1, 0.15) is 36.0 Å². The zero-order valence-corrected chi connectivity index (χ0v) is 13.6. The van der Waals surface area contributed by atoms with Crippen molar-refractivity contribution >= 4 is 5.91 Å². The van der Waals surface area contributed by atoms with E-state index in [0.29, 0.717) is 0 Å². The molecule has 0 unspecified atom stereocenters. The zero-order valence-electron chi connectivity index (χ0n) is 13.6. The van der Waals surface area contributed by atoms with Gasteiger partial charge in [0.15, 0.2) is 6.10 Å². The number of ether oxygens (including phenoxy) is 2. The molecule has 6 nitrogen and oxygen atoms in total. The van der Waals surface area contributed by atoms with E-state index >= 15 is 0 Å². The number of carbonyl (C=O) groups is 1. The number of aromatic nitrogens is 2. The summed E-state index contributed by atoms with van der Waals surface area (Å²) >= 11 is 0. The first kappa shape index (κ1) is 15.5. The molecular weight excluding hydrogens is 306 g/mol. The lowest BCUT2D eigenvalue weighted by Crippen LogP contribution is -2.50. The monoisotopic (exact) mass is 327 g/mol. The van der Waals surface area contributed by atoms with Gasteiger partial charge in [-0.05, 0) is 26.2 Å². The molecule has 0 aromatic carbocycles. The Bertz CT molecular complexity index is 701. The molecule has 1 amide bonds. The zero-order chi connectivity index (χ0) is 16.5. The summed E-state index contributed by atoms with van der Waals surface area (Å²) in [5.41, 5.74) is 2.07. The van der Waals surface area contributed by atoms with Crippen LogP contribution in [0.25, 0.3) is 0 Å². The Hall–Kier alpha value is -2.05. The van der Waals surface area contributed by atoms with Gasteiger partial charge in [0.1, 0.15) is 18.0 Å². The van der Waals surface area contributed by atoms with E-state index in [2.05, 4.69) is 15.3 Å². The molecule has 6 heteroatoms. The minimum atomic E-state index is -0.584. The molecule has 1 aliphatic heterocycles. The summed E-state index contributed by atoms with van der Waals surface area (Å²) in [4.78, 5) is 21.4. The number of carbonyl (C=O) groups excluding carboxylic acids is 1.